The fourth-order valence-corrected chi connectivity index (χ4v) is 1.61. The number of terminal acetylenes is 1. The lowest BCUT2D eigenvalue weighted by atomic mass is 10.2. The summed E-state index contributed by atoms with van der Waals surface area (Å²) in [5.41, 5.74) is 1.27. The lowest BCUT2D eigenvalue weighted by Gasteiger charge is -2.15. The Morgan fingerprint density at radius 3 is 2.78 bits per heavy atom. The van der Waals surface area contributed by atoms with Gasteiger partial charge in [0, 0.05) is 23.9 Å². The van der Waals surface area contributed by atoms with Gasteiger partial charge in [0.2, 0.25) is 11.8 Å². The second-order valence-corrected chi connectivity index (χ2v) is 4.02. The van der Waals surface area contributed by atoms with E-state index in [0.717, 1.165) is 0 Å². The number of carbonyl (C=O) groups is 2. The molecule has 0 aliphatic carbocycles. The van der Waals surface area contributed by atoms with Crippen LogP contribution in [0.2, 0.25) is 0 Å². The molecule has 0 saturated carbocycles. The maximum absolute atomic E-state index is 11.9. The molecule has 0 saturated heterocycles. The highest BCUT2D eigenvalue weighted by molar-refractivity contribution is 7.80. The van der Waals surface area contributed by atoms with E-state index in [2.05, 4.69) is 29.2 Å². The van der Waals surface area contributed by atoms with E-state index < -0.39 is 6.04 Å². The van der Waals surface area contributed by atoms with Crippen LogP contribution in [0, 0.1) is 12.3 Å². The number of nitrogens with one attached hydrogen (secondary N) is 2. The van der Waals surface area contributed by atoms with Gasteiger partial charge in [0.25, 0.3) is 0 Å². The van der Waals surface area contributed by atoms with Crippen LogP contribution in [0.25, 0.3) is 0 Å². The summed E-state index contributed by atoms with van der Waals surface area (Å²) in [7, 11) is 0. The quantitative estimate of drug-likeness (QED) is 0.561. The average Bonchev–Trinajstić information content (AvgIpc) is 2.35. The van der Waals surface area contributed by atoms with E-state index in [-0.39, 0.29) is 17.6 Å². The van der Waals surface area contributed by atoms with Gasteiger partial charge in [-0.15, -0.1) is 6.42 Å². The fraction of sp³-hybridized carbons (Fsp3) is 0.231. The maximum atomic E-state index is 11.9. The van der Waals surface area contributed by atoms with Gasteiger partial charge < -0.3 is 10.6 Å². The third kappa shape index (κ3) is 4.15. The summed E-state index contributed by atoms with van der Waals surface area (Å²) in [5, 5.41) is 5.19. The van der Waals surface area contributed by atoms with Crippen LogP contribution in [-0.2, 0) is 9.59 Å². The minimum absolute atomic E-state index is 0.222. The Morgan fingerprint density at radius 2 is 2.22 bits per heavy atom. The Kier molecular flexibility index (Phi) is 5.28. The topological polar surface area (TPSA) is 58.2 Å². The molecule has 1 atom stereocenters. The smallest absolute Gasteiger partial charge is 0.247 e. The molecule has 5 heteroatoms. The van der Waals surface area contributed by atoms with Crippen LogP contribution < -0.4 is 10.6 Å². The minimum atomic E-state index is -0.666. The van der Waals surface area contributed by atoms with Gasteiger partial charge in [-0.2, -0.15) is 12.6 Å². The van der Waals surface area contributed by atoms with E-state index in [4.69, 9.17) is 6.42 Å². The standard InChI is InChI=1S/C13H14N2O2S/c1-3-10-5-4-6-11(7-10)15-13(17)12(8-18)14-9(2)16/h1,4-7,12,18H,8H2,2H3,(H,14,16)(H,15,17). The molecule has 0 heterocycles. The van der Waals surface area contributed by atoms with Gasteiger partial charge in [0.1, 0.15) is 6.04 Å². The number of hydrogen-bond acceptors (Lipinski definition) is 3. The number of amides is 2. The van der Waals surface area contributed by atoms with Crippen LogP contribution >= 0.6 is 12.6 Å². The van der Waals surface area contributed by atoms with Gasteiger partial charge in [0.05, 0.1) is 0 Å². The summed E-state index contributed by atoms with van der Waals surface area (Å²) in [6, 6.07) is 6.25. The molecule has 2 amide bonds. The Labute approximate surface area is 112 Å². The van der Waals surface area contributed by atoms with Gasteiger partial charge in [-0.1, -0.05) is 12.0 Å². The number of benzene rings is 1. The molecule has 18 heavy (non-hydrogen) atoms. The average molecular weight is 262 g/mol. The summed E-state index contributed by atoms with van der Waals surface area (Å²) < 4.78 is 0. The van der Waals surface area contributed by atoms with Crippen LogP contribution in [0.1, 0.15) is 12.5 Å². The van der Waals surface area contributed by atoms with Gasteiger partial charge >= 0.3 is 0 Å². The molecule has 1 rings (SSSR count). The first-order valence-corrected chi connectivity index (χ1v) is 5.95. The molecule has 4 nitrogen and oxygen atoms in total. The Hall–Kier alpha value is -1.93. The maximum Gasteiger partial charge on any atom is 0.247 e. The van der Waals surface area contributed by atoms with E-state index in [1.807, 2.05) is 0 Å². The number of hydrogen-bond donors (Lipinski definition) is 3. The second kappa shape index (κ2) is 6.72. The molecule has 0 aromatic heterocycles. The molecule has 0 radical (unpaired) electrons. The van der Waals surface area contributed by atoms with Crippen molar-refractivity contribution in [1.29, 1.82) is 0 Å². The van der Waals surface area contributed by atoms with E-state index in [9.17, 15) is 9.59 Å². The Morgan fingerprint density at radius 1 is 1.50 bits per heavy atom. The highest BCUT2D eigenvalue weighted by Crippen LogP contribution is 2.10. The van der Waals surface area contributed by atoms with Crippen LogP contribution in [-0.4, -0.2) is 23.6 Å². The van der Waals surface area contributed by atoms with Crippen LogP contribution in [0.3, 0.4) is 0 Å². The molecule has 0 aliphatic rings. The van der Waals surface area contributed by atoms with E-state index in [1.165, 1.54) is 6.92 Å². The monoisotopic (exact) mass is 262 g/mol. The molecule has 1 aromatic carbocycles. The molecule has 0 aliphatic heterocycles. The number of anilines is 1. The summed E-state index contributed by atoms with van der Waals surface area (Å²) in [6.45, 7) is 1.35. The molecule has 1 unspecified atom stereocenters. The molecule has 0 spiro atoms. The zero-order valence-electron chi connectivity index (χ0n) is 9.93. The summed E-state index contributed by atoms with van der Waals surface area (Å²) in [5.74, 6) is 2.10. The van der Waals surface area contributed by atoms with Crippen molar-refractivity contribution < 1.29 is 9.59 Å². The molecular formula is C13H14N2O2S. The lowest BCUT2D eigenvalue weighted by Crippen LogP contribution is -2.44. The first kappa shape index (κ1) is 14.1. The van der Waals surface area contributed by atoms with Crippen molar-refractivity contribution >= 4 is 30.1 Å². The molecular weight excluding hydrogens is 248 g/mol. The zero-order valence-corrected chi connectivity index (χ0v) is 10.8. The first-order valence-electron chi connectivity index (χ1n) is 5.32. The number of rotatable bonds is 4. The van der Waals surface area contributed by atoms with Crippen molar-refractivity contribution in [1.82, 2.24) is 5.32 Å². The van der Waals surface area contributed by atoms with Crippen LogP contribution in [0.15, 0.2) is 24.3 Å². The van der Waals surface area contributed by atoms with E-state index in [1.54, 1.807) is 24.3 Å². The summed E-state index contributed by atoms with van der Waals surface area (Å²) in [6.07, 6.45) is 5.27. The van der Waals surface area contributed by atoms with Crippen molar-refractivity contribution in [2.45, 2.75) is 13.0 Å². The Bertz CT molecular complexity index is 494. The van der Waals surface area contributed by atoms with Crippen LogP contribution in [0.4, 0.5) is 5.69 Å². The third-order valence-electron chi connectivity index (χ3n) is 2.17. The largest absolute Gasteiger partial charge is 0.344 e. The molecule has 0 fully saturated rings. The van der Waals surface area contributed by atoms with E-state index >= 15 is 0 Å². The van der Waals surface area contributed by atoms with Crippen LogP contribution in [0.5, 0.6) is 0 Å². The Balaban J connectivity index is 2.73. The van der Waals surface area contributed by atoms with Gasteiger partial charge in [-0.3, -0.25) is 9.59 Å². The molecule has 1 aromatic rings. The molecule has 0 bridgehead atoms. The number of carbonyl (C=O) groups excluding carboxylic acids is 2. The second-order valence-electron chi connectivity index (χ2n) is 3.65. The zero-order chi connectivity index (χ0) is 13.5. The van der Waals surface area contributed by atoms with Crippen molar-refractivity contribution in [2.75, 3.05) is 11.1 Å². The van der Waals surface area contributed by atoms with Gasteiger partial charge in [-0.25, -0.2) is 0 Å². The van der Waals surface area contributed by atoms with E-state index in [0.29, 0.717) is 11.3 Å². The third-order valence-corrected chi connectivity index (χ3v) is 2.54. The first-order chi connectivity index (χ1) is 8.56. The van der Waals surface area contributed by atoms with Crippen molar-refractivity contribution in [3.8, 4) is 12.3 Å². The highest BCUT2D eigenvalue weighted by atomic mass is 32.1. The predicted octanol–water partition coefficient (Wildman–Crippen LogP) is 1.04. The van der Waals surface area contributed by atoms with Crippen molar-refractivity contribution in [3.05, 3.63) is 29.8 Å². The number of thiol groups is 1. The normalized spacial score (nSPS) is 11.2. The molecule has 2 N–H and O–H groups in total. The fourth-order valence-electron chi connectivity index (χ4n) is 1.36. The lowest BCUT2D eigenvalue weighted by molar-refractivity contribution is -0.124. The minimum Gasteiger partial charge on any atom is -0.344 e. The molecule has 94 valence electrons. The SMILES string of the molecule is C#Cc1cccc(NC(=O)C(CS)NC(C)=O)c1. The highest BCUT2D eigenvalue weighted by Gasteiger charge is 2.17. The van der Waals surface area contributed by atoms with Crippen molar-refractivity contribution in [2.24, 2.45) is 0 Å². The summed E-state index contributed by atoms with van der Waals surface area (Å²) in [4.78, 5) is 22.8. The predicted molar refractivity (Wildman–Crippen MR) is 74.5 cm³/mol. The van der Waals surface area contributed by atoms with Gasteiger partial charge in [-0.05, 0) is 18.2 Å². The summed E-state index contributed by atoms with van der Waals surface area (Å²) >= 11 is 4.03. The van der Waals surface area contributed by atoms with Gasteiger partial charge in [0.15, 0.2) is 0 Å². The van der Waals surface area contributed by atoms with Crippen molar-refractivity contribution in [3.63, 3.8) is 0 Å².